The molecule has 0 amide bonds. The average Bonchev–Trinajstić information content (AvgIpc) is 2.65. The molecule has 3 rings (SSSR count). The molecule has 162 valence electrons. The molecule has 3 nitrogen and oxygen atoms in total. The number of carbonyl (C=O) groups is 1. The van der Waals surface area contributed by atoms with Crippen molar-refractivity contribution in [3.05, 3.63) is 12.2 Å². The molecule has 3 aliphatic carbocycles. The molecule has 5 atom stereocenters. The normalized spacial score (nSPS) is 29.6. The molecule has 0 aliphatic heterocycles. The third-order valence-electron chi connectivity index (χ3n) is 7.85. The molecule has 2 bridgehead atoms. The Kier molecular flexibility index (Phi) is 9.53. The van der Waals surface area contributed by atoms with Gasteiger partial charge in [0.2, 0.25) is 0 Å². The van der Waals surface area contributed by atoms with Gasteiger partial charge in [-0.15, -0.1) is 0 Å². The molecule has 1 unspecified atom stereocenters. The van der Waals surface area contributed by atoms with E-state index in [1.54, 1.807) is 0 Å². The summed E-state index contributed by atoms with van der Waals surface area (Å²) in [7, 11) is 0. The maximum Gasteiger partial charge on any atom is 0.303 e. The number of carboxylic acid groups (broad SMARTS) is 1. The second-order valence-corrected chi connectivity index (χ2v) is 10.1. The first-order valence-corrected chi connectivity index (χ1v) is 11.9. The van der Waals surface area contributed by atoms with Crippen LogP contribution in [0.2, 0.25) is 0 Å². The molecule has 0 spiro atoms. The van der Waals surface area contributed by atoms with E-state index >= 15 is 0 Å². The van der Waals surface area contributed by atoms with Crippen molar-refractivity contribution in [2.24, 2.45) is 29.1 Å². The van der Waals surface area contributed by atoms with E-state index in [9.17, 15) is 9.90 Å². The number of hydrogen-bond acceptors (Lipinski definition) is 2. The minimum Gasteiger partial charge on any atom is -0.481 e. The van der Waals surface area contributed by atoms with E-state index in [4.69, 9.17) is 5.11 Å². The van der Waals surface area contributed by atoms with Gasteiger partial charge in [-0.05, 0) is 86.9 Å². The third-order valence-corrected chi connectivity index (χ3v) is 7.85. The zero-order chi connectivity index (χ0) is 20.6. The van der Waals surface area contributed by atoms with Gasteiger partial charge in [-0.25, -0.2) is 0 Å². The van der Waals surface area contributed by atoms with Gasteiger partial charge in [-0.2, -0.15) is 0 Å². The van der Waals surface area contributed by atoms with E-state index in [1.165, 1.54) is 32.1 Å². The van der Waals surface area contributed by atoms with Crippen molar-refractivity contribution in [1.29, 1.82) is 0 Å². The molecule has 0 aromatic carbocycles. The molecule has 3 saturated carbocycles. The molecular weight excluding hydrogens is 348 g/mol. The Balaban J connectivity index is 1.78. The average molecular weight is 393 g/mol. The predicted octanol–water partition coefficient (Wildman–Crippen LogP) is 6.60. The topological polar surface area (TPSA) is 57.5 Å². The van der Waals surface area contributed by atoms with Crippen LogP contribution in [-0.2, 0) is 4.79 Å². The molecule has 3 heteroatoms. The highest BCUT2D eigenvalue weighted by Crippen LogP contribution is 2.64. The Labute approximate surface area is 173 Å². The van der Waals surface area contributed by atoms with Crippen molar-refractivity contribution < 1.29 is 15.0 Å². The van der Waals surface area contributed by atoms with Crippen LogP contribution in [0.5, 0.6) is 0 Å². The van der Waals surface area contributed by atoms with Crippen LogP contribution in [0, 0.1) is 29.1 Å². The number of carboxylic acids is 1. The van der Waals surface area contributed by atoms with Crippen LogP contribution in [0.1, 0.15) is 104 Å². The van der Waals surface area contributed by atoms with Gasteiger partial charge in [-0.3, -0.25) is 4.79 Å². The highest BCUT2D eigenvalue weighted by atomic mass is 16.4. The second kappa shape index (κ2) is 11.4. The summed E-state index contributed by atoms with van der Waals surface area (Å²) >= 11 is 0. The van der Waals surface area contributed by atoms with Crippen LogP contribution < -0.4 is 0 Å². The smallest absolute Gasteiger partial charge is 0.303 e. The largest absolute Gasteiger partial charge is 0.481 e. The fourth-order valence-electron chi connectivity index (χ4n) is 5.83. The first kappa shape index (κ1) is 23.4. The molecular formula is C25H44O3. The first-order chi connectivity index (χ1) is 13.4. The quantitative estimate of drug-likeness (QED) is 0.259. The van der Waals surface area contributed by atoms with Gasteiger partial charge in [0.05, 0.1) is 6.10 Å². The van der Waals surface area contributed by atoms with Gasteiger partial charge in [0.25, 0.3) is 0 Å². The Morgan fingerprint density at radius 2 is 1.89 bits per heavy atom. The number of unbranched alkanes of at least 4 members (excludes halogenated alkanes) is 4. The molecule has 0 heterocycles. The molecule has 28 heavy (non-hydrogen) atoms. The van der Waals surface area contributed by atoms with Crippen molar-refractivity contribution in [3.63, 3.8) is 0 Å². The minimum atomic E-state index is -0.687. The van der Waals surface area contributed by atoms with Gasteiger partial charge >= 0.3 is 5.97 Å². The lowest BCUT2D eigenvalue weighted by atomic mass is 9.42. The van der Waals surface area contributed by atoms with Crippen LogP contribution in [0.25, 0.3) is 0 Å². The standard InChI is InChI=1S/C25H44O3/c1-4-5-9-12-21(26)16-15-19-17-20-18-23(25(20,2)3)22(19)13-10-7-6-8-11-14-24(27)28/h7,10,19-23,26H,4-6,8-9,11-18H2,1-3H3,(H,27,28)/t19?,20-,21-,22+,23-/m0/s1. The molecule has 0 aromatic rings. The zero-order valence-electron chi connectivity index (χ0n) is 18.5. The highest BCUT2D eigenvalue weighted by Gasteiger charge is 2.56. The lowest BCUT2D eigenvalue weighted by Crippen LogP contribution is -2.55. The maximum atomic E-state index is 10.6. The summed E-state index contributed by atoms with van der Waals surface area (Å²) in [6.07, 6.45) is 18.2. The van der Waals surface area contributed by atoms with Crippen molar-refractivity contribution in [3.8, 4) is 0 Å². The summed E-state index contributed by atoms with van der Waals surface area (Å²) in [5.74, 6) is 2.57. The lowest BCUT2D eigenvalue weighted by Gasteiger charge is -2.63. The predicted molar refractivity (Wildman–Crippen MR) is 116 cm³/mol. The van der Waals surface area contributed by atoms with Crippen LogP contribution in [0.15, 0.2) is 12.2 Å². The molecule has 0 saturated heterocycles. The molecule has 3 fully saturated rings. The maximum absolute atomic E-state index is 10.6. The minimum absolute atomic E-state index is 0.108. The van der Waals surface area contributed by atoms with Crippen molar-refractivity contribution in [2.45, 2.75) is 110 Å². The van der Waals surface area contributed by atoms with Crippen molar-refractivity contribution in [1.82, 2.24) is 0 Å². The SMILES string of the molecule is CCCCC[C@H](O)CCC1C[C@H]2C[C@@H]([C@@H]1CC=CCCCCC(=O)O)C2(C)C. The Morgan fingerprint density at radius 3 is 2.57 bits per heavy atom. The number of hydrogen-bond donors (Lipinski definition) is 2. The number of aliphatic carboxylic acids is 1. The van der Waals surface area contributed by atoms with Crippen LogP contribution in [0.3, 0.4) is 0 Å². The second-order valence-electron chi connectivity index (χ2n) is 10.1. The van der Waals surface area contributed by atoms with E-state index < -0.39 is 5.97 Å². The molecule has 2 N–H and O–H groups in total. The number of fused-ring (bicyclic) bond motifs is 2. The van der Waals surface area contributed by atoms with Crippen LogP contribution >= 0.6 is 0 Å². The summed E-state index contributed by atoms with van der Waals surface area (Å²) in [5.41, 5.74) is 0.496. The fraction of sp³-hybridized carbons (Fsp3) is 0.880. The Hall–Kier alpha value is -0.830. The van der Waals surface area contributed by atoms with Gasteiger partial charge in [0.1, 0.15) is 0 Å². The third kappa shape index (κ3) is 6.61. The molecule has 0 radical (unpaired) electrons. The summed E-state index contributed by atoms with van der Waals surface area (Å²) in [4.78, 5) is 10.6. The monoisotopic (exact) mass is 392 g/mol. The first-order valence-electron chi connectivity index (χ1n) is 11.9. The van der Waals surface area contributed by atoms with E-state index in [-0.39, 0.29) is 12.5 Å². The van der Waals surface area contributed by atoms with Gasteiger partial charge < -0.3 is 10.2 Å². The number of aliphatic hydroxyl groups excluding tert-OH is 1. The Bertz CT molecular complexity index is 496. The Morgan fingerprint density at radius 1 is 1.11 bits per heavy atom. The van der Waals surface area contributed by atoms with E-state index in [0.29, 0.717) is 5.41 Å². The molecule has 0 aromatic heterocycles. The lowest BCUT2D eigenvalue weighted by molar-refractivity contribution is -0.137. The number of rotatable bonds is 14. The molecule has 3 aliphatic rings. The number of allylic oxidation sites excluding steroid dienone is 2. The van der Waals surface area contributed by atoms with Crippen molar-refractivity contribution in [2.75, 3.05) is 0 Å². The van der Waals surface area contributed by atoms with Crippen LogP contribution in [0.4, 0.5) is 0 Å². The summed E-state index contributed by atoms with van der Waals surface area (Å²) in [5, 5.41) is 19.1. The van der Waals surface area contributed by atoms with Crippen molar-refractivity contribution >= 4 is 5.97 Å². The number of aliphatic hydroxyl groups is 1. The summed E-state index contributed by atoms with van der Waals surface area (Å²) in [6, 6.07) is 0. The van der Waals surface area contributed by atoms with Gasteiger partial charge in [0, 0.05) is 6.42 Å². The van der Waals surface area contributed by atoms with Crippen LogP contribution in [-0.4, -0.2) is 22.3 Å². The van der Waals surface area contributed by atoms with Gasteiger partial charge in [0.15, 0.2) is 0 Å². The zero-order valence-corrected chi connectivity index (χ0v) is 18.5. The summed E-state index contributed by atoms with van der Waals surface area (Å²) < 4.78 is 0. The van der Waals surface area contributed by atoms with E-state index in [2.05, 4.69) is 32.9 Å². The van der Waals surface area contributed by atoms with Gasteiger partial charge in [-0.1, -0.05) is 52.2 Å². The highest BCUT2D eigenvalue weighted by molar-refractivity contribution is 5.66. The van der Waals surface area contributed by atoms with E-state index in [0.717, 1.165) is 68.6 Å². The van der Waals surface area contributed by atoms with E-state index in [1.807, 2.05) is 0 Å². The summed E-state index contributed by atoms with van der Waals surface area (Å²) in [6.45, 7) is 7.14. The fourth-order valence-corrected chi connectivity index (χ4v) is 5.83.